The first-order valence-corrected chi connectivity index (χ1v) is 12.6. The molecule has 2 atom stereocenters. The highest BCUT2D eigenvalue weighted by Gasteiger charge is 2.39. The van der Waals surface area contributed by atoms with E-state index in [-0.39, 0.29) is 23.8 Å². The molecule has 0 aromatic heterocycles. The van der Waals surface area contributed by atoms with Crippen molar-refractivity contribution < 1.29 is 19.1 Å². The lowest BCUT2D eigenvalue weighted by atomic mass is 9.87. The largest absolute Gasteiger partial charge is 0.481 e. The minimum Gasteiger partial charge on any atom is -0.481 e. The quantitative estimate of drug-likeness (QED) is 0.654. The molecular formula is C28H34N2O4. The van der Waals surface area contributed by atoms with E-state index in [1.165, 1.54) is 11.1 Å². The number of morpholine rings is 1. The molecule has 2 aromatic carbocycles. The van der Waals surface area contributed by atoms with Crippen LogP contribution in [0.25, 0.3) is 0 Å². The second-order valence-corrected chi connectivity index (χ2v) is 9.68. The van der Waals surface area contributed by atoms with Crippen LogP contribution in [-0.2, 0) is 20.7 Å². The predicted octanol–water partition coefficient (Wildman–Crippen LogP) is 3.90. The third-order valence-corrected chi connectivity index (χ3v) is 7.20. The van der Waals surface area contributed by atoms with Gasteiger partial charge in [0.2, 0.25) is 5.91 Å². The number of rotatable bonds is 6. The lowest BCUT2D eigenvalue weighted by Gasteiger charge is -2.38. The van der Waals surface area contributed by atoms with E-state index in [4.69, 9.17) is 9.47 Å². The van der Waals surface area contributed by atoms with Crippen molar-refractivity contribution in [3.8, 4) is 5.75 Å². The maximum atomic E-state index is 13.2. The van der Waals surface area contributed by atoms with Gasteiger partial charge in [-0.1, -0.05) is 42.8 Å². The van der Waals surface area contributed by atoms with Crippen molar-refractivity contribution >= 4 is 11.8 Å². The molecule has 1 saturated carbocycles. The molecule has 0 unspecified atom stereocenters. The number of nitrogens with zero attached hydrogens (tertiary/aromatic N) is 2. The van der Waals surface area contributed by atoms with E-state index >= 15 is 0 Å². The molecule has 0 N–H and O–H groups in total. The second kappa shape index (κ2) is 9.79. The van der Waals surface area contributed by atoms with Crippen LogP contribution < -0.4 is 4.74 Å². The summed E-state index contributed by atoms with van der Waals surface area (Å²) < 4.78 is 11.7. The monoisotopic (exact) mass is 462 g/mol. The number of fused-ring (bicyclic) bond motifs is 1. The van der Waals surface area contributed by atoms with Crippen molar-refractivity contribution in [2.45, 2.75) is 51.7 Å². The zero-order valence-corrected chi connectivity index (χ0v) is 20.2. The summed E-state index contributed by atoms with van der Waals surface area (Å²) in [6.07, 6.45) is 2.89. The maximum absolute atomic E-state index is 13.2. The standard InChI is InChI=1S/C28H34N2O4/c1-3-25(28(32)29-14-16-33-17-15-29)34-23-11-10-20-12-13-30(27(31)22-8-9-22)26(24(20)18-23)21-6-4-19(2)5-7-21/h4-7,10-11,18,22,25-26H,3,8-9,12-17H2,1-2H3/t25-,26+/m1/s1. The molecule has 6 nitrogen and oxygen atoms in total. The molecule has 2 aromatic rings. The highest BCUT2D eigenvalue weighted by Crippen LogP contribution is 2.41. The van der Waals surface area contributed by atoms with Gasteiger partial charge in [-0.2, -0.15) is 0 Å². The summed E-state index contributed by atoms with van der Waals surface area (Å²) in [5.74, 6) is 1.13. The molecule has 2 fully saturated rings. The third kappa shape index (κ3) is 4.69. The normalized spacial score (nSPS) is 21.1. The number of hydrogen-bond donors (Lipinski definition) is 0. The van der Waals surface area contributed by atoms with Gasteiger partial charge in [-0.25, -0.2) is 0 Å². The van der Waals surface area contributed by atoms with Crippen LogP contribution in [-0.4, -0.2) is 60.6 Å². The van der Waals surface area contributed by atoms with Crippen LogP contribution in [0.5, 0.6) is 5.75 Å². The highest BCUT2D eigenvalue weighted by atomic mass is 16.5. The van der Waals surface area contributed by atoms with Crippen molar-refractivity contribution in [3.05, 3.63) is 64.7 Å². The van der Waals surface area contributed by atoms with Crippen LogP contribution in [0.2, 0.25) is 0 Å². The number of carbonyl (C=O) groups excluding carboxylic acids is 2. The Morgan fingerprint density at radius 2 is 1.79 bits per heavy atom. The smallest absolute Gasteiger partial charge is 0.263 e. The first-order chi connectivity index (χ1) is 16.5. The highest BCUT2D eigenvalue weighted by molar-refractivity contribution is 5.82. The summed E-state index contributed by atoms with van der Waals surface area (Å²) in [6.45, 7) is 7.15. The van der Waals surface area contributed by atoms with Gasteiger partial charge in [0.25, 0.3) is 5.91 Å². The summed E-state index contributed by atoms with van der Waals surface area (Å²) in [4.78, 5) is 30.2. The van der Waals surface area contributed by atoms with Gasteiger partial charge in [0.05, 0.1) is 19.3 Å². The SMILES string of the molecule is CC[C@@H](Oc1ccc2c(c1)[C@H](c1ccc(C)cc1)N(C(=O)C1CC1)CC2)C(=O)N1CCOCC1. The minimum atomic E-state index is -0.526. The minimum absolute atomic E-state index is 0.0177. The predicted molar refractivity (Wildman–Crippen MR) is 130 cm³/mol. The first-order valence-electron chi connectivity index (χ1n) is 12.6. The van der Waals surface area contributed by atoms with Gasteiger partial charge in [0.15, 0.2) is 6.10 Å². The number of amides is 2. The van der Waals surface area contributed by atoms with E-state index in [9.17, 15) is 9.59 Å². The molecule has 1 saturated heterocycles. The lowest BCUT2D eigenvalue weighted by molar-refractivity contribution is -0.143. The van der Waals surface area contributed by atoms with Crippen LogP contribution >= 0.6 is 0 Å². The van der Waals surface area contributed by atoms with Crippen LogP contribution in [0.15, 0.2) is 42.5 Å². The Labute approximate surface area is 201 Å². The zero-order chi connectivity index (χ0) is 23.7. The Morgan fingerprint density at radius 3 is 2.47 bits per heavy atom. The van der Waals surface area contributed by atoms with E-state index in [1.54, 1.807) is 0 Å². The fraction of sp³-hybridized carbons (Fsp3) is 0.500. The summed E-state index contributed by atoms with van der Waals surface area (Å²) in [5, 5.41) is 0. The molecule has 1 aliphatic carbocycles. The van der Waals surface area contributed by atoms with Gasteiger partial charge >= 0.3 is 0 Å². The van der Waals surface area contributed by atoms with E-state index < -0.39 is 6.10 Å². The fourth-order valence-corrected chi connectivity index (χ4v) is 5.04. The Hall–Kier alpha value is -2.86. The Morgan fingerprint density at radius 1 is 1.06 bits per heavy atom. The molecule has 0 bridgehead atoms. The van der Waals surface area contributed by atoms with Crippen LogP contribution in [0.3, 0.4) is 0 Å². The average Bonchev–Trinajstić information content (AvgIpc) is 3.72. The summed E-state index contributed by atoms with van der Waals surface area (Å²) in [6, 6.07) is 14.5. The van der Waals surface area contributed by atoms with Gasteiger partial charge in [0.1, 0.15) is 5.75 Å². The van der Waals surface area contributed by atoms with Crippen molar-refractivity contribution in [2.24, 2.45) is 5.92 Å². The zero-order valence-electron chi connectivity index (χ0n) is 20.2. The summed E-state index contributed by atoms with van der Waals surface area (Å²) in [5.41, 5.74) is 4.67. The molecule has 0 spiro atoms. The van der Waals surface area contributed by atoms with Crippen molar-refractivity contribution in [3.63, 3.8) is 0 Å². The molecular weight excluding hydrogens is 428 g/mol. The molecule has 2 amide bonds. The molecule has 5 rings (SSSR count). The number of carbonyl (C=O) groups is 2. The van der Waals surface area contributed by atoms with Crippen molar-refractivity contribution in [1.82, 2.24) is 9.80 Å². The summed E-state index contributed by atoms with van der Waals surface area (Å²) >= 11 is 0. The van der Waals surface area contributed by atoms with E-state index in [2.05, 4.69) is 48.2 Å². The van der Waals surface area contributed by atoms with E-state index in [1.807, 2.05) is 17.9 Å². The molecule has 2 aliphatic heterocycles. The summed E-state index contributed by atoms with van der Waals surface area (Å²) in [7, 11) is 0. The van der Waals surface area contributed by atoms with Crippen molar-refractivity contribution in [2.75, 3.05) is 32.8 Å². The van der Waals surface area contributed by atoms with Gasteiger partial charge < -0.3 is 19.3 Å². The van der Waals surface area contributed by atoms with Crippen LogP contribution in [0.4, 0.5) is 0 Å². The molecule has 2 heterocycles. The second-order valence-electron chi connectivity index (χ2n) is 9.68. The van der Waals surface area contributed by atoms with Gasteiger partial charge in [-0.05, 0) is 61.4 Å². The van der Waals surface area contributed by atoms with Gasteiger partial charge in [-0.15, -0.1) is 0 Å². The Bertz CT molecular complexity index is 1040. The Kier molecular flexibility index (Phi) is 6.59. The van der Waals surface area contributed by atoms with E-state index in [0.717, 1.165) is 36.9 Å². The first kappa shape index (κ1) is 22.9. The maximum Gasteiger partial charge on any atom is 0.263 e. The van der Waals surface area contributed by atoms with Crippen molar-refractivity contribution in [1.29, 1.82) is 0 Å². The fourth-order valence-electron chi connectivity index (χ4n) is 5.04. The molecule has 6 heteroatoms. The van der Waals surface area contributed by atoms with Gasteiger partial charge in [0, 0.05) is 25.6 Å². The molecule has 34 heavy (non-hydrogen) atoms. The number of ether oxygens (including phenoxy) is 2. The van der Waals surface area contributed by atoms with Crippen LogP contribution in [0, 0.1) is 12.8 Å². The number of aryl methyl sites for hydroxylation is 1. The average molecular weight is 463 g/mol. The van der Waals surface area contributed by atoms with Gasteiger partial charge in [-0.3, -0.25) is 9.59 Å². The van der Waals surface area contributed by atoms with E-state index in [0.29, 0.717) is 38.5 Å². The number of benzene rings is 2. The topological polar surface area (TPSA) is 59.1 Å². The number of hydrogen-bond acceptors (Lipinski definition) is 4. The molecule has 180 valence electrons. The van der Waals surface area contributed by atoms with Crippen LogP contribution in [0.1, 0.15) is 54.5 Å². The third-order valence-electron chi connectivity index (χ3n) is 7.20. The molecule has 3 aliphatic rings. The molecule has 0 radical (unpaired) electrons. The lowest BCUT2D eigenvalue weighted by Crippen LogP contribution is -2.47. The Balaban J connectivity index is 1.44.